The van der Waals surface area contributed by atoms with Crippen LogP contribution >= 0.6 is 39.5 Å². The highest BCUT2D eigenvalue weighted by atomic mass is 79.9. The van der Waals surface area contributed by atoms with Gasteiger partial charge in [0.1, 0.15) is 0 Å². The molecule has 1 heterocycles. The Morgan fingerprint density at radius 2 is 1.87 bits per heavy atom. The van der Waals surface area contributed by atoms with Gasteiger partial charge in [0, 0.05) is 41.8 Å². The highest BCUT2D eigenvalue weighted by Crippen LogP contribution is 2.51. The molecule has 5 heteroatoms. The van der Waals surface area contributed by atoms with E-state index in [1.54, 1.807) is 0 Å². The lowest BCUT2D eigenvalue weighted by atomic mass is 9.91. The number of anilines is 1. The maximum Gasteiger partial charge on any atom is 0.0412 e. The zero-order valence-corrected chi connectivity index (χ0v) is 15.9. The topological polar surface area (TPSA) is 38.0 Å². The molecule has 0 aromatic heterocycles. The van der Waals surface area contributed by atoms with Crippen LogP contribution in [0.4, 0.5) is 5.69 Å². The van der Waals surface area contributed by atoms with Crippen LogP contribution in [0.3, 0.4) is 0 Å². The fourth-order valence-corrected chi connectivity index (χ4v) is 6.24. The molecule has 0 radical (unpaired) electrons. The van der Waals surface area contributed by atoms with Crippen molar-refractivity contribution in [2.45, 2.75) is 57.3 Å². The fraction of sp³-hybridized carbons (Fsp3) is 0.333. The van der Waals surface area contributed by atoms with E-state index in [0.29, 0.717) is 6.04 Å². The standard InChI is InChI=1S/C18H19BrN2S2/c19-12-4-3-7-16-18(12)23-15-9-8-11(10-17(15)22-16)21-14-6-2-1-5-13(14)20/h3-4,7-10,13-14,21H,1-2,5-6,20H2/t13-,14+/m0/s1. The van der Waals surface area contributed by atoms with Crippen molar-refractivity contribution in [2.24, 2.45) is 5.73 Å². The van der Waals surface area contributed by atoms with Crippen molar-refractivity contribution in [1.29, 1.82) is 0 Å². The van der Waals surface area contributed by atoms with Crippen LogP contribution in [0, 0.1) is 0 Å². The summed E-state index contributed by atoms with van der Waals surface area (Å²) in [5, 5.41) is 3.66. The molecule has 1 aliphatic heterocycles. The SMILES string of the molecule is N[C@H]1CCCC[C@H]1Nc1ccc2c(c1)Sc1cccc(Br)c1S2. The predicted octanol–water partition coefficient (Wildman–Crippen LogP) is 5.75. The van der Waals surface area contributed by atoms with Crippen LogP contribution in [-0.4, -0.2) is 12.1 Å². The average molecular weight is 407 g/mol. The lowest BCUT2D eigenvalue weighted by molar-refractivity contribution is 0.404. The Labute approximate surface area is 154 Å². The van der Waals surface area contributed by atoms with Crippen molar-refractivity contribution in [3.8, 4) is 0 Å². The van der Waals surface area contributed by atoms with Gasteiger partial charge in [0.25, 0.3) is 0 Å². The minimum Gasteiger partial charge on any atom is -0.381 e. The summed E-state index contributed by atoms with van der Waals surface area (Å²) >= 11 is 7.36. The summed E-state index contributed by atoms with van der Waals surface area (Å²) in [7, 11) is 0. The maximum absolute atomic E-state index is 6.27. The number of hydrogen-bond acceptors (Lipinski definition) is 4. The van der Waals surface area contributed by atoms with Crippen LogP contribution in [0.1, 0.15) is 25.7 Å². The number of nitrogens with two attached hydrogens (primary N) is 1. The number of hydrogen-bond donors (Lipinski definition) is 2. The molecule has 2 aromatic carbocycles. The number of nitrogens with one attached hydrogen (secondary N) is 1. The molecule has 0 amide bonds. The lowest BCUT2D eigenvalue weighted by Crippen LogP contribution is -2.42. The fourth-order valence-electron chi connectivity index (χ4n) is 3.21. The van der Waals surface area contributed by atoms with Crippen molar-refractivity contribution in [3.63, 3.8) is 0 Å². The monoisotopic (exact) mass is 406 g/mol. The molecule has 23 heavy (non-hydrogen) atoms. The molecule has 0 unspecified atom stereocenters. The van der Waals surface area contributed by atoms with Gasteiger partial charge in [-0.15, -0.1) is 0 Å². The van der Waals surface area contributed by atoms with Gasteiger partial charge in [0.2, 0.25) is 0 Å². The van der Waals surface area contributed by atoms with E-state index in [1.807, 2.05) is 23.5 Å². The molecule has 2 nitrogen and oxygen atoms in total. The Morgan fingerprint density at radius 3 is 2.74 bits per heavy atom. The average Bonchev–Trinajstić information content (AvgIpc) is 2.56. The van der Waals surface area contributed by atoms with Crippen molar-refractivity contribution in [1.82, 2.24) is 0 Å². The summed E-state index contributed by atoms with van der Waals surface area (Å²) in [5.41, 5.74) is 7.46. The van der Waals surface area contributed by atoms with Crippen LogP contribution in [0.25, 0.3) is 0 Å². The van der Waals surface area contributed by atoms with Gasteiger partial charge in [-0.1, -0.05) is 42.4 Å². The molecule has 120 valence electrons. The Balaban J connectivity index is 1.57. The summed E-state index contributed by atoms with van der Waals surface area (Å²) in [6, 6.07) is 13.8. The molecule has 1 fully saturated rings. The Bertz CT molecular complexity index is 735. The third-order valence-electron chi connectivity index (χ3n) is 4.48. The molecule has 0 spiro atoms. The molecule has 0 bridgehead atoms. The molecule has 2 aromatic rings. The van der Waals surface area contributed by atoms with E-state index in [0.717, 1.165) is 6.42 Å². The summed E-state index contributed by atoms with van der Waals surface area (Å²) in [5.74, 6) is 0. The minimum absolute atomic E-state index is 0.276. The first-order valence-electron chi connectivity index (χ1n) is 8.01. The van der Waals surface area contributed by atoms with Crippen LogP contribution in [-0.2, 0) is 0 Å². The van der Waals surface area contributed by atoms with Crippen LogP contribution in [0.2, 0.25) is 0 Å². The smallest absolute Gasteiger partial charge is 0.0412 e. The van der Waals surface area contributed by atoms with E-state index in [4.69, 9.17) is 5.73 Å². The second-order valence-electron chi connectivity index (χ2n) is 6.13. The van der Waals surface area contributed by atoms with E-state index in [2.05, 4.69) is 57.6 Å². The molecule has 3 N–H and O–H groups in total. The molecular formula is C18H19BrN2S2. The molecule has 0 saturated heterocycles. The first-order chi connectivity index (χ1) is 11.2. The largest absolute Gasteiger partial charge is 0.381 e. The molecule has 2 aliphatic rings. The first-order valence-corrected chi connectivity index (χ1v) is 10.4. The normalized spacial score (nSPS) is 23.0. The van der Waals surface area contributed by atoms with Gasteiger partial charge in [0.05, 0.1) is 0 Å². The van der Waals surface area contributed by atoms with Crippen LogP contribution < -0.4 is 11.1 Å². The van der Waals surface area contributed by atoms with Gasteiger partial charge in [-0.25, -0.2) is 0 Å². The van der Waals surface area contributed by atoms with Gasteiger partial charge in [0.15, 0.2) is 0 Å². The number of rotatable bonds is 2. The Kier molecular flexibility index (Phi) is 4.63. The summed E-state index contributed by atoms with van der Waals surface area (Å²) in [6.45, 7) is 0. The molecule has 2 atom stereocenters. The van der Waals surface area contributed by atoms with Gasteiger partial charge >= 0.3 is 0 Å². The Morgan fingerprint density at radius 1 is 1.00 bits per heavy atom. The predicted molar refractivity (Wildman–Crippen MR) is 103 cm³/mol. The van der Waals surface area contributed by atoms with Gasteiger partial charge in [-0.3, -0.25) is 0 Å². The quantitative estimate of drug-likeness (QED) is 0.568. The highest BCUT2D eigenvalue weighted by molar-refractivity contribution is 9.10. The summed E-state index contributed by atoms with van der Waals surface area (Å²) < 4.78 is 1.17. The molecule has 4 rings (SSSR count). The van der Waals surface area contributed by atoms with Gasteiger partial charge in [-0.2, -0.15) is 0 Å². The maximum atomic E-state index is 6.27. The number of fused-ring (bicyclic) bond motifs is 2. The highest BCUT2D eigenvalue weighted by Gasteiger charge is 2.23. The van der Waals surface area contributed by atoms with Crippen molar-refractivity contribution >= 4 is 45.1 Å². The third kappa shape index (κ3) is 3.29. The van der Waals surface area contributed by atoms with Crippen molar-refractivity contribution < 1.29 is 0 Å². The van der Waals surface area contributed by atoms with Crippen molar-refractivity contribution in [2.75, 3.05) is 5.32 Å². The van der Waals surface area contributed by atoms with Crippen molar-refractivity contribution in [3.05, 3.63) is 40.9 Å². The van der Waals surface area contributed by atoms with E-state index >= 15 is 0 Å². The second kappa shape index (κ2) is 6.71. The molecule has 1 saturated carbocycles. The van der Waals surface area contributed by atoms with E-state index in [-0.39, 0.29) is 6.04 Å². The zero-order valence-electron chi connectivity index (χ0n) is 12.7. The van der Waals surface area contributed by atoms with Gasteiger partial charge < -0.3 is 11.1 Å². The third-order valence-corrected chi connectivity index (χ3v) is 8.00. The second-order valence-corrected chi connectivity index (χ2v) is 9.12. The van der Waals surface area contributed by atoms with Crippen LogP contribution in [0.5, 0.6) is 0 Å². The number of halogens is 1. The zero-order chi connectivity index (χ0) is 15.8. The minimum atomic E-state index is 0.276. The van der Waals surface area contributed by atoms with E-state index in [1.165, 1.54) is 49.0 Å². The molecular weight excluding hydrogens is 388 g/mol. The van der Waals surface area contributed by atoms with E-state index < -0.39 is 0 Å². The molecule has 1 aliphatic carbocycles. The summed E-state index contributed by atoms with van der Waals surface area (Å²) in [4.78, 5) is 5.30. The van der Waals surface area contributed by atoms with Gasteiger partial charge in [-0.05, 0) is 59.1 Å². The summed E-state index contributed by atoms with van der Waals surface area (Å²) in [6.07, 6.45) is 4.86. The first kappa shape index (κ1) is 15.9. The van der Waals surface area contributed by atoms with Crippen LogP contribution in [0.15, 0.2) is 60.5 Å². The lowest BCUT2D eigenvalue weighted by Gasteiger charge is -2.30. The Hall–Kier alpha value is -0.620. The van der Waals surface area contributed by atoms with E-state index in [9.17, 15) is 0 Å². The number of benzene rings is 2.